The van der Waals surface area contributed by atoms with Crippen LogP contribution in [0.25, 0.3) is 0 Å². The zero-order valence-corrected chi connectivity index (χ0v) is 8.99. The van der Waals surface area contributed by atoms with E-state index in [4.69, 9.17) is 4.74 Å². The molecule has 1 rings (SSSR count). The van der Waals surface area contributed by atoms with Crippen molar-refractivity contribution in [2.45, 2.75) is 39.2 Å². The molecule has 15 heavy (non-hydrogen) atoms. The van der Waals surface area contributed by atoms with Gasteiger partial charge in [0.2, 0.25) is 11.8 Å². The van der Waals surface area contributed by atoms with E-state index in [-0.39, 0.29) is 49.7 Å². The van der Waals surface area contributed by atoms with Crippen LogP contribution in [0, 0.1) is 0 Å². The molecule has 1 fully saturated rings. The Hall–Kier alpha value is -1.39. The highest BCUT2D eigenvalue weighted by atomic mass is 16.5. The lowest BCUT2D eigenvalue weighted by atomic mass is 10.4. The van der Waals surface area contributed by atoms with Gasteiger partial charge in [0.25, 0.3) is 0 Å². The average Bonchev–Trinajstić information content (AvgIpc) is 2.42. The van der Waals surface area contributed by atoms with Crippen LogP contribution in [0.3, 0.4) is 0 Å². The molecule has 1 aliphatic heterocycles. The molecule has 84 valence electrons. The molecule has 0 aliphatic carbocycles. The second-order valence-corrected chi connectivity index (χ2v) is 3.73. The van der Waals surface area contributed by atoms with Crippen molar-refractivity contribution in [3.63, 3.8) is 0 Å². The number of hydrogen-bond acceptors (Lipinski definition) is 4. The number of hydrogen-bond donors (Lipinski definition) is 0. The van der Waals surface area contributed by atoms with Gasteiger partial charge in [-0.05, 0) is 13.8 Å². The molecule has 0 saturated carbocycles. The number of carbonyl (C=O) groups is 3. The van der Waals surface area contributed by atoms with E-state index in [1.165, 1.54) is 0 Å². The summed E-state index contributed by atoms with van der Waals surface area (Å²) in [5.41, 5.74) is 0. The minimum Gasteiger partial charge on any atom is -0.463 e. The summed E-state index contributed by atoms with van der Waals surface area (Å²) in [5, 5.41) is 0. The fourth-order valence-corrected chi connectivity index (χ4v) is 1.40. The fourth-order valence-electron chi connectivity index (χ4n) is 1.40. The van der Waals surface area contributed by atoms with Crippen molar-refractivity contribution in [1.29, 1.82) is 0 Å². The Morgan fingerprint density at radius 1 is 1.33 bits per heavy atom. The third-order valence-corrected chi connectivity index (χ3v) is 2.06. The summed E-state index contributed by atoms with van der Waals surface area (Å²) in [6.45, 7) is 3.65. The predicted molar refractivity (Wildman–Crippen MR) is 51.8 cm³/mol. The van der Waals surface area contributed by atoms with Crippen LogP contribution in [0.2, 0.25) is 0 Å². The molecule has 5 heteroatoms. The van der Waals surface area contributed by atoms with Gasteiger partial charge < -0.3 is 4.74 Å². The van der Waals surface area contributed by atoms with Gasteiger partial charge in [0.1, 0.15) is 0 Å². The molecule has 0 spiro atoms. The molecule has 0 atom stereocenters. The number of imide groups is 1. The van der Waals surface area contributed by atoms with Crippen LogP contribution < -0.4 is 0 Å². The lowest BCUT2D eigenvalue weighted by Gasteiger charge is -2.13. The number of likely N-dealkylation sites (tertiary alicyclic amines) is 1. The van der Waals surface area contributed by atoms with E-state index in [2.05, 4.69) is 0 Å². The summed E-state index contributed by atoms with van der Waals surface area (Å²) in [4.78, 5) is 34.6. The van der Waals surface area contributed by atoms with Crippen molar-refractivity contribution in [3.05, 3.63) is 0 Å². The van der Waals surface area contributed by atoms with Crippen LogP contribution in [0.4, 0.5) is 0 Å². The SMILES string of the molecule is CC(C)OC(=O)CCN1C(=O)CCC1=O. The first-order valence-electron chi connectivity index (χ1n) is 5.03. The first-order chi connectivity index (χ1) is 7.00. The maximum atomic E-state index is 11.2. The second-order valence-electron chi connectivity index (χ2n) is 3.73. The Kier molecular flexibility index (Phi) is 3.82. The van der Waals surface area contributed by atoms with Gasteiger partial charge in [-0.1, -0.05) is 0 Å². The first-order valence-corrected chi connectivity index (χ1v) is 5.03. The molecule has 1 heterocycles. The van der Waals surface area contributed by atoms with Gasteiger partial charge in [-0.2, -0.15) is 0 Å². The number of nitrogens with zero attached hydrogens (tertiary/aromatic N) is 1. The normalized spacial score (nSPS) is 16.3. The molecule has 0 aromatic heterocycles. The van der Waals surface area contributed by atoms with Gasteiger partial charge in [-0.3, -0.25) is 19.3 Å². The summed E-state index contributed by atoms with van der Waals surface area (Å²) in [6.07, 6.45) is 0.439. The van der Waals surface area contributed by atoms with Crippen LogP contribution in [0.1, 0.15) is 33.1 Å². The summed E-state index contributed by atoms with van der Waals surface area (Å²) >= 11 is 0. The summed E-state index contributed by atoms with van der Waals surface area (Å²) in [6, 6.07) is 0. The second kappa shape index (κ2) is 4.91. The van der Waals surface area contributed by atoms with E-state index in [1.54, 1.807) is 13.8 Å². The Balaban J connectivity index is 2.33. The highest BCUT2D eigenvalue weighted by molar-refractivity contribution is 6.02. The van der Waals surface area contributed by atoms with Crippen molar-refractivity contribution in [2.75, 3.05) is 6.54 Å². The van der Waals surface area contributed by atoms with Crippen LogP contribution in [0.5, 0.6) is 0 Å². The molecule has 5 nitrogen and oxygen atoms in total. The molecular formula is C10H15NO4. The van der Waals surface area contributed by atoms with Crippen molar-refractivity contribution in [3.8, 4) is 0 Å². The summed E-state index contributed by atoms with van der Waals surface area (Å²) in [5.74, 6) is -0.771. The maximum absolute atomic E-state index is 11.2. The zero-order chi connectivity index (χ0) is 11.4. The molecule has 0 radical (unpaired) electrons. The third kappa shape index (κ3) is 3.34. The Morgan fingerprint density at radius 2 is 1.87 bits per heavy atom. The number of esters is 1. The molecule has 0 aromatic rings. The largest absolute Gasteiger partial charge is 0.463 e. The minimum absolute atomic E-state index is 0.0790. The maximum Gasteiger partial charge on any atom is 0.307 e. The molecule has 0 bridgehead atoms. The molecule has 0 unspecified atom stereocenters. The Morgan fingerprint density at radius 3 is 2.33 bits per heavy atom. The molecule has 2 amide bonds. The van der Waals surface area contributed by atoms with E-state index in [9.17, 15) is 14.4 Å². The number of carbonyl (C=O) groups excluding carboxylic acids is 3. The van der Waals surface area contributed by atoms with Gasteiger partial charge in [-0.15, -0.1) is 0 Å². The summed E-state index contributed by atoms with van der Waals surface area (Å²) < 4.78 is 4.89. The van der Waals surface area contributed by atoms with E-state index in [0.717, 1.165) is 4.90 Å². The Bertz CT molecular complexity index is 269. The van der Waals surface area contributed by atoms with E-state index >= 15 is 0 Å². The molecule has 0 aromatic carbocycles. The molecule has 1 aliphatic rings. The molecule has 1 saturated heterocycles. The molecular weight excluding hydrogens is 198 g/mol. The monoisotopic (exact) mass is 213 g/mol. The van der Waals surface area contributed by atoms with Crippen molar-refractivity contribution in [2.24, 2.45) is 0 Å². The quantitative estimate of drug-likeness (QED) is 0.503. The third-order valence-electron chi connectivity index (χ3n) is 2.06. The standard InChI is InChI=1S/C10H15NO4/c1-7(2)15-10(14)5-6-11-8(12)3-4-9(11)13/h7H,3-6H2,1-2H3. The van der Waals surface area contributed by atoms with E-state index in [0.29, 0.717) is 0 Å². The van der Waals surface area contributed by atoms with Gasteiger partial charge in [0, 0.05) is 19.4 Å². The van der Waals surface area contributed by atoms with Gasteiger partial charge in [0.15, 0.2) is 0 Å². The lowest BCUT2D eigenvalue weighted by molar-refractivity contribution is -0.148. The highest BCUT2D eigenvalue weighted by Crippen LogP contribution is 2.12. The summed E-state index contributed by atoms with van der Waals surface area (Å²) in [7, 11) is 0. The highest BCUT2D eigenvalue weighted by Gasteiger charge is 2.28. The van der Waals surface area contributed by atoms with E-state index in [1.807, 2.05) is 0 Å². The van der Waals surface area contributed by atoms with Crippen LogP contribution in [-0.4, -0.2) is 35.3 Å². The smallest absolute Gasteiger partial charge is 0.307 e. The van der Waals surface area contributed by atoms with Crippen molar-refractivity contribution >= 4 is 17.8 Å². The molecule has 0 N–H and O–H groups in total. The van der Waals surface area contributed by atoms with Crippen molar-refractivity contribution in [1.82, 2.24) is 4.90 Å². The minimum atomic E-state index is -0.377. The van der Waals surface area contributed by atoms with Crippen LogP contribution in [0.15, 0.2) is 0 Å². The van der Waals surface area contributed by atoms with Crippen LogP contribution >= 0.6 is 0 Å². The topological polar surface area (TPSA) is 63.7 Å². The van der Waals surface area contributed by atoms with E-state index < -0.39 is 0 Å². The fraction of sp³-hybridized carbons (Fsp3) is 0.700. The number of ether oxygens (including phenoxy) is 1. The van der Waals surface area contributed by atoms with Gasteiger partial charge >= 0.3 is 5.97 Å². The average molecular weight is 213 g/mol. The van der Waals surface area contributed by atoms with Crippen LogP contribution in [-0.2, 0) is 19.1 Å². The zero-order valence-electron chi connectivity index (χ0n) is 8.99. The Labute approximate surface area is 88.4 Å². The number of rotatable bonds is 4. The van der Waals surface area contributed by atoms with Crippen molar-refractivity contribution < 1.29 is 19.1 Å². The van der Waals surface area contributed by atoms with Gasteiger partial charge in [0.05, 0.1) is 12.5 Å². The first kappa shape index (κ1) is 11.7. The predicted octanol–water partition coefficient (Wildman–Crippen LogP) is 0.477. The lowest BCUT2D eigenvalue weighted by Crippen LogP contribution is -2.31. The van der Waals surface area contributed by atoms with Gasteiger partial charge in [-0.25, -0.2) is 0 Å². The number of amides is 2.